The number of hydrogen-bond acceptors (Lipinski definition) is 6. The molecule has 0 spiro atoms. The predicted octanol–water partition coefficient (Wildman–Crippen LogP) is 1.33. The molecule has 20 heavy (non-hydrogen) atoms. The molecular formula is C13H10N4O3. The second-order valence-corrected chi connectivity index (χ2v) is 4.31. The summed E-state index contributed by atoms with van der Waals surface area (Å²) in [6.07, 6.45) is 1.54. The van der Waals surface area contributed by atoms with Crippen LogP contribution < -0.4 is 16.4 Å². The Morgan fingerprint density at radius 2 is 2.10 bits per heavy atom. The molecule has 7 nitrogen and oxygen atoms in total. The largest absolute Gasteiger partial charge is 0.433 e. The van der Waals surface area contributed by atoms with Crippen LogP contribution in [0.15, 0.2) is 44.5 Å². The second-order valence-electron chi connectivity index (χ2n) is 4.31. The SMILES string of the molecule is Cc1c(N)ccc2c1=NC(=Cc1ccc([N+](=O)[O-])o1)N=2. The summed E-state index contributed by atoms with van der Waals surface area (Å²) in [7, 11) is 0. The van der Waals surface area contributed by atoms with Crippen molar-refractivity contribution in [3.63, 3.8) is 0 Å². The average molecular weight is 270 g/mol. The van der Waals surface area contributed by atoms with Crippen LogP contribution in [0.4, 0.5) is 11.6 Å². The van der Waals surface area contributed by atoms with E-state index in [-0.39, 0.29) is 5.88 Å². The molecule has 0 unspecified atom stereocenters. The molecule has 100 valence electrons. The van der Waals surface area contributed by atoms with Gasteiger partial charge in [-0.25, -0.2) is 9.98 Å². The average Bonchev–Trinajstić information content (AvgIpc) is 3.01. The van der Waals surface area contributed by atoms with Crippen LogP contribution in [0.5, 0.6) is 0 Å². The number of nitrogens with two attached hydrogens (primary N) is 1. The lowest BCUT2D eigenvalue weighted by molar-refractivity contribution is -0.402. The highest BCUT2D eigenvalue weighted by Gasteiger charge is 2.12. The maximum atomic E-state index is 10.5. The van der Waals surface area contributed by atoms with E-state index in [4.69, 9.17) is 10.2 Å². The summed E-state index contributed by atoms with van der Waals surface area (Å²) < 4.78 is 5.04. The minimum Gasteiger partial charge on any atom is -0.401 e. The van der Waals surface area contributed by atoms with Gasteiger partial charge in [-0.15, -0.1) is 0 Å². The molecule has 0 amide bonds. The molecule has 0 fully saturated rings. The molecule has 0 bridgehead atoms. The summed E-state index contributed by atoms with van der Waals surface area (Å²) in [6, 6.07) is 6.35. The van der Waals surface area contributed by atoms with Gasteiger partial charge in [0.25, 0.3) is 0 Å². The van der Waals surface area contributed by atoms with Crippen molar-refractivity contribution in [2.75, 3.05) is 5.73 Å². The van der Waals surface area contributed by atoms with E-state index in [0.29, 0.717) is 17.3 Å². The van der Waals surface area contributed by atoms with Crippen molar-refractivity contribution >= 4 is 17.6 Å². The summed E-state index contributed by atoms with van der Waals surface area (Å²) in [5.74, 6) is 0.448. The summed E-state index contributed by atoms with van der Waals surface area (Å²) >= 11 is 0. The van der Waals surface area contributed by atoms with E-state index in [9.17, 15) is 10.1 Å². The van der Waals surface area contributed by atoms with Gasteiger partial charge in [-0.2, -0.15) is 0 Å². The Hall–Kier alpha value is -2.96. The van der Waals surface area contributed by atoms with Gasteiger partial charge in [-0.1, -0.05) is 0 Å². The van der Waals surface area contributed by atoms with Gasteiger partial charge >= 0.3 is 5.88 Å². The van der Waals surface area contributed by atoms with Crippen molar-refractivity contribution < 1.29 is 9.34 Å². The Morgan fingerprint density at radius 3 is 2.80 bits per heavy atom. The number of fused-ring (bicyclic) bond motifs is 1. The monoisotopic (exact) mass is 270 g/mol. The van der Waals surface area contributed by atoms with Gasteiger partial charge in [0.1, 0.15) is 10.7 Å². The summed E-state index contributed by atoms with van der Waals surface area (Å²) in [4.78, 5) is 18.6. The Kier molecular flexibility index (Phi) is 2.60. The third kappa shape index (κ3) is 1.95. The van der Waals surface area contributed by atoms with Crippen molar-refractivity contribution in [1.29, 1.82) is 0 Å². The highest BCUT2D eigenvalue weighted by molar-refractivity contribution is 5.51. The van der Waals surface area contributed by atoms with Crippen molar-refractivity contribution in [2.45, 2.75) is 6.92 Å². The topological polar surface area (TPSA) is 107 Å². The Labute approximate surface area is 112 Å². The van der Waals surface area contributed by atoms with Gasteiger partial charge < -0.3 is 10.2 Å². The number of anilines is 1. The maximum Gasteiger partial charge on any atom is 0.433 e. The molecule has 0 aliphatic carbocycles. The number of nitrogen functional groups attached to an aromatic ring is 1. The highest BCUT2D eigenvalue weighted by Crippen LogP contribution is 2.19. The third-order valence-corrected chi connectivity index (χ3v) is 2.98. The first-order chi connectivity index (χ1) is 9.54. The molecule has 1 aliphatic rings. The summed E-state index contributed by atoms with van der Waals surface area (Å²) in [6.45, 7) is 1.87. The second kappa shape index (κ2) is 4.30. The molecule has 2 aromatic rings. The first-order valence-corrected chi connectivity index (χ1v) is 5.83. The van der Waals surface area contributed by atoms with Crippen molar-refractivity contribution in [1.82, 2.24) is 0 Å². The molecule has 1 aliphatic heterocycles. The van der Waals surface area contributed by atoms with E-state index >= 15 is 0 Å². The van der Waals surface area contributed by atoms with Crippen LogP contribution >= 0.6 is 0 Å². The van der Waals surface area contributed by atoms with E-state index in [1.807, 2.05) is 6.92 Å². The van der Waals surface area contributed by atoms with Gasteiger partial charge in [-0.3, -0.25) is 10.1 Å². The molecule has 1 aromatic carbocycles. The number of rotatable bonds is 2. The van der Waals surface area contributed by atoms with Crippen molar-refractivity contribution in [3.05, 3.63) is 62.2 Å². The van der Waals surface area contributed by atoms with E-state index in [1.54, 1.807) is 18.2 Å². The number of hydrogen-bond donors (Lipinski definition) is 1. The van der Waals surface area contributed by atoms with Gasteiger partial charge in [0, 0.05) is 11.8 Å². The normalized spacial score (nSPS) is 14.8. The van der Waals surface area contributed by atoms with Gasteiger partial charge in [0.05, 0.1) is 16.8 Å². The Bertz CT molecular complexity index is 864. The zero-order valence-electron chi connectivity index (χ0n) is 10.5. The molecule has 7 heteroatoms. The van der Waals surface area contributed by atoms with Gasteiger partial charge in [0.2, 0.25) is 0 Å². The minimum atomic E-state index is -0.593. The van der Waals surface area contributed by atoms with Gasteiger partial charge in [-0.05, 0) is 30.7 Å². The minimum absolute atomic E-state index is 0.312. The summed E-state index contributed by atoms with van der Waals surface area (Å²) in [5, 5.41) is 12.0. The van der Waals surface area contributed by atoms with Gasteiger partial charge in [0.15, 0.2) is 5.82 Å². The zero-order valence-corrected chi connectivity index (χ0v) is 10.5. The van der Waals surface area contributed by atoms with E-state index in [2.05, 4.69) is 9.98 Å². The van der Waals surface area contributed by atoms with Crippen molar-refractivity contribution in [3.8, 4) is 0 Å². The molecular weight excluding hydrogens is 260 g/mol. The molecule has 2 N–H and O–H groups in total. The Morgan fingerprint density at radius 1 is 1.30 bits per heavy atom. The summed E-state index contributed by atoms with van der Waals surface area (Å²) in [5.41, 5.74) is 7.32. The van der Waals surface area contributed by atoms with E-state index < -0.39 is 4.92 Å². The lowest BCUT2D eigenvalue weighted by Gasteiger charge is -1.95. The fourth-order valence-electron chi connectivity index (χ4n) is 1.91. The zero-order chi connectivity index (χ0) is 14.3. The number of benzene rings is 1. The van der Waals surface area contributed by atoms with E-state index in [0.717, 1.165) is 16.3 Å². The molecule has 1 aromatic heterocycles. The molecule has 2 heterocycles. The lowest BCUT2D eigenvalue weighted by Crippen LogP contribution is -2.25. The number of furan rings is 1. The highest BCUT2D eigenvalue weighted by atomic mass is 16.6. The fraction of sp³-hybridized carbons (Fsp3) is 0.0769. The fourth-order valence-corrected chi connectivity index (χ4v) is 1.91. The molecule has 3 rings (SSSR count). The smallest absolute Gasteiger partial charge is 0.401 e. The first kappa shape index (κ1) is 12.1. The van der Waals surface area contributed by atoms with Crippen LogP contribution in [0.2, 0.25) is 0 Å². The van der Waals surface area contributed by atoms with Crippen LogP contribution in [-0.2, 0) is 0 Å². The maximum absolute atomic E-state index is 10.5. The van der Waals surface area contributed by atoms with Crippen LogP contribution in [-0.4, -0.2) is 4.92 Å². The standard InChI is InChI=1S/C13H10N4O3/c1-7-9(14)3-4-10-13(7)16-11(15-10)6-8-2-5-12(20-8)17(18)19/h2-6H,14H2,1H3. The third-order valence-electron chi connectivity index (χ3n) is 2.98. The van der Waals surface area contributed by atoms with Crippen molar-refractivity contribution in [2.24, 2.45) is 9.98 Å². The number of nitrogens with zero attached hydrogens (tertiary/aromatic N) is 3. The lowest BCUT2D eigenvalue weighted by atomic mass is 10.2. The number of nitro groups is 1. The van der Waals surface area contributed by atoms with Crippen LogP contribution in [0, 0.1) is 17.0 Å². The van der Waals surface area contributed by atoms with Crippen LogP contribution in [0.25, 0.3) is 6.08 Å². The molecule has 0 atom stereocenters. The van der Waals surface area contributed by atoms with Crippen LogP contribution in [0.1, 0.15) is 11.3 Å². The predicted molar refractivity (Wildman–Crippen MR) is 71.2 cm³/mol. The van der Waals surface area contributed by atoms with E-state index in [1.165, 1.54) is 12.1 Å². The Balaban J connectivity index is 2.05. The first-order valence-electron chi connectivity index (χ1n) is 5.83. The van der Waals surface area contributed by atoms with Crippen LogP contribution in [0.3, 0.4) is 0 Å². The molecule has 0 radical (unpaired) electrons. The molecule has 0 saturated heterocycles. The quantitative estimate of drug-likeness (QED) is 0.504. The molecule has 0 saturated carbocycles.